The summed E-state index contributed by atoms with van der Waals surface area (Å²) in [5.74, 6) is 2.04. The zero-order valence-electron chi connectivity index (χ0n) is 15.0. The molecule has 0 unspecified atom stereocenters. The molecule has 6 heteroatoms. The van der Waals surface area contributed by atoms with Gasteiger partial charge in [0.25, 0.3) is 5.91 Å². The van der Waals surface area contributed by atoms with Gasteiger partial charge in [-0.1, -0.05) is 29.8 Å². The Balaban J connectivity index is 1.30. The van der Waals surface area contributed by atoms with Crippen molar-refractivity contribution in [2.24, 2.45) is 0 Å². The van der Waals surface area contributed by atoms with E-state index < -0.39 is 0 Å². The summed E-state index contributed by atoms with van der Waals surface area (Å²) in [6, 6.07) is 20.2. The highest BCUT2D eigenvalue weighted by molar-refractivity contribution is 6.30. The lowest BCUT2D eigenvalue weighted by atomic mass is 10.1. The van der Waals surface area contributed by atoms with Crippen molar-refractivity contribution in [3.05, 3.63) is 88.4 Å². The third-order valence-corrected chi connectivity index (χ3v) is 4.58. The van der Waals surface area contributed by atoms with E-state index in [1.807, 2.05) is 42.5 Å². The highest BCUT2D eigenvalue weighted by atomic mass is 35.5. The minimum atomic E-state index is -0.136. The third kappa shape index (κ3) is 4.38. The van der Waals surface area contributed by atoms with Crippen LogP contribution in [0.4, 0.5) is 0 Å². The minimum Gasteiger partial charge on any atom is -0.489 e. The molecule has 0 atom stereocenters. The first kappa shape index (κ1) is 18.2. The lowest BCUT2D eigenvalue weighted by Gasteiger charge is -2.08. The molecule has 1 aliphatic heterocycles. The van der Waals surface area contributed by atoms with Crippen LogP contribution >= 0.6 is 11.6 Å². The van der Waals surface area contributed by atoms with E-state index in [0.29, 0.717) is 29.5 Å². The van der Waals surface area contributed by atoms with E-state index in [-0.39, 0.29) is 12.7 Å². The Bertz CT molecular complexity index is 971. The number of carbonyl (C=O) groups is 1. The largest absolute Gasteiger partial charge is 0.489 e. The van der Waals surface area contributed by atoms with Gasteiger partial charge in [-0.3, -0.25) is 4.79 Å². The molecule has 3 aromatic rings. The number of carbonyl (C=O) groups excluding carboxylic acids is 1. The molecule has 4 rings (SSSR count). The standard InChI is InChI=1S/C22H18ClNO4/c23-18-6-8-19(9-7-18)26-13-15-1-4-17(5-2-15)22(25)24-12-16-3-10-20-21(11-16)28-14-27-20/h1-11H,12-14H2,(H,24,25). The molecule has 0 radical (unpaired) electrons. The van der Waals surface area contributed by atoms with Crippen LogP contribution in [0.2, 0.25) is 5.02 Å². The summed E-state index contributed by atoms with van der Waals surface area (Å²) < 4.78 is 16.3. The van der Waals surface area contributed by atoms with Crippen LogP contribution in [0.3, 0.4) is 0 Å². The number of amides is 1. The predicted octanol–water partition coefficient (Wildman–Crippen LogP) is 4.58. The summed E-state index contributed by atoms with van der Waals surface area (Å²) in [7, 11) is 0. The van der Waals surface area contributed by atoms with Crippen LogP contribution < -0.4 is 19.5 Å². The molecule has 28 heavy (non-hydrogen) atoms. The van der Waals surface area contributed by atoms with Gasteiger partial charge in [-0.2, -0.15) is 0 Å². The summed E-state index contributed by atoms with van der Waals surface area (Å²) in [5.41, 5.74) is 2.52. The molecule has 5 nitrogen and oxygen atoms in total. The molecule has 0 aliphatic carbocycles. The average molecular weight is 396 g/mol. The van der Waals surface area contributed by atoms with Gasteiger partial charge in [0.1, 0.15) is 12.4 Å². The highest BCUT2D eigenvalue weighted by Gasteiger charge is 2.13. The van der Waals surface area contributed by atoms with Crippen LogP contribution in [0.1, 0.15) is 21.5 Å². The fourth-order valence-corrected chi connectivity index (χ4v) is 2.91. The van der Waals surface area contributed by atoms with E-state index in [4.69, 9.17) is 25.8 Å². The lowest BCUT2D eigenvalue weighted by molar-refractivity contribution is 0.0950. The molecule has 0 saturated carbocycles. The Labute approximate surface area is 167 Å². The first-order valence-electron chi connectivity index (χ1n) is 8.81. The van der Waals surface area contributed by atoms with Gasteiger partial charge in [0.15, 0.2) is 11.5 Å². The highest BCUT2D eigenvalue weighted by Crippen LogP contribution is 2.32. The van der Waals surface area contributed by atoms with Crippen LogP contribution in [-0.4, -0.2) is 12.7 Å². The molecule has 0 fully saturated rings. The summed E-state index contributed by atoms with van der Waals surface area (Å²) >= 11 is 5.86. The van der Waals surface area contributed by atoms with Crippen molar-refractivity contribution in [3.8, 4) is 17.2 Å². The van der Waals surface area contributed by atoms with Crippen LogP contribution in [0.25, 0.3) is 0 Å². The summed E-state index contributed by atoms with van der Waals surface area (Å²) in [6.45, 7) is 1.07. The topological polar surface area (TPSA) is 56.8 Å². The maximum absolute atomic E-state index is 12.4. The van der Waals surface area contributed by atoms with Crippen molar-refractivity contribution in [2.45, 2.75) is 13.2 Å². The Kier molecular flexibility index (Phi) is 5.35. The molecule has 1 N–H and O–H groups in total. The average Bonchev–Trinajstić information content (AvgIpc) is 3.20. The molecule has 0 bridgehead atoms. The molecule has 0 saturated heterocycles. The zero-order valence-corrected chi connectivity index (χ0v) is 15.7. The van der Waals surface area contributed by atoms with E-state index in [9.17, 15) is 4.79 Å². The van der Waals surface area contributed by atoms with E-state index in [0.717, 1.165) is 22.6 Å². The molecule has 0 aromatic heterocycles. The third-order valence-electron chi connectivity index (χ3n) is 4.33. The molecule has 142 valence electrons. The smallest absolute Gasteiger partial charge is 0.251 e. The number of hydrogen-bond donors (Lipinski definition) is 1. The summed E-state index contributed by atoms with van der Waals surface area (Å²) in [4.78, 5) is 12.4. The summed E-state index contributed by atoms with van der Waals surface area (Å²) in [5, 5.41) is 3.58. The summed E-state index contributed by atoms with van der Waals surface area (Å²) in [6.07, 6.45) is 0. The van der Waals surface area contributed by atoms with E-state index >= 15 is 0 Å². The van der Waals surface area contributed by atoms with Crippen LogP contribution in [0, 0.1) is 0 Å². The Morgan fingerprint density at radius 2 is 1.64 bits per heavy atom. The second-order valence-corrected chi connectivity index (χ2v) is 6.75. The number of fused-ring (bicyclic) bond motifs is 1. The fraction of sp³-hybridized carbons (Fsp3) is 0.136. The number of rotatable bonds is 6. The van der Waals surface area contributed by atoms with E-state index in [1.54, 1.807) is 24.3 Å². The monoisotopic (exact) mass is 395 g/mol. The molecule has 1 aliphatic rings. The van der Waals surface area contributed by atoms with Crippen LogP contribution in [0.5, 0.6) is 17.2 Å². The normalized spacial score (nSPS) is 11.9. The van der Waals surface area contributed by atoms with Gasteiger partial charge in [0, 0.05) is 17.1 Å². The van der Waals surface area contributed by atoms with Crippen LogP contribution in [-0.2, 0) is 13.2 Å². The van der Waals surface area contributed by atoms with Crippen molar-refractivity contribution in [1.29, 1.82) is 0 Å². The maximum atomic E-state index is 12.4. The van der Waals surface area contributed by atoms with Gasteiger partial charge < -0.3 is 19.5 Å². The van der Waals surface area contributed by atoms with Gasteiger partial charge >= 0.3 is 0 Å². The number of halogens is 1. The molecule has 0 spiro atoms. The van der Waals surface area contributed by atoms with Gasteiger partial charge in [-0.15, -0.1) is 0 Å². The number of hydrogen-bond acceptors (Lipinski definition) is 4. The van der Waals surface area contributed by atoms with Gasteiger partial charge in [0.05, 0.1) is 0 Å². The van der Waals surface area contributed by atoms with Crippen molar-refractivity contribution >= 4 is 17.5 Å². The zero-order chi connectivity index (χ0) is 19.3. The van der Waals surface area contributed by atoms with E-state index in [2.05, 4.69) is 5.32 Å². The van der Waals surface area contributed by atoms with Crippen molar-refractivity contribution in [3.63, 3.8) is 0 Å². The molecular formula is C22H18ClNO4. The molecular weight excluding hydrogens is 378 g/mol. The maximum Gasteiger partial charge on any atom is 0.251 e. The Morgan fingerprint density at radius 3 is 2.43 bits per heavy atom. The second-order valence-electron chi connectivity index (χ2n) is 6.31. The Morgan fingerprint density at radius 1 is 0.929 bits per heavy atom. The first-order valence-corrected chi connectivity index (χ1v) is 9.19. The minimum absolute atomic E-state index is 0.136. The number of benzene rings is 3. The molecule has 3 aromatic carbocycles. The van der Waals surface area contributed by atoms with Crippen molar-refractivity contribution < 1.29 is 19.0 Å². The Hall–Kier alpha value is -3.18. The SMILES string of the molecule is O=C(NCc1ccc2c(c1)OCO2)c1ccc(COc2ccc(Cl)cc2)cc1. The molecule has 1 heterocycles. The number of ether oxygens (including phenoxy) is 3. The lowest BCUT2D eigenvalue weighted by Crippen LogP contribution is -2.22. The molecule has 1 amide bonds. The van der Waals surface area contributed by atoms with Gasteiger partial charge in [0.2, 0.25) is 6.79 Å². The van der Waals surface area contributed by atoms with Gasteiger partial charge in [-0.25, -0.2) is 0 Å². The number of nitrogens with one attached hydrogen (secondary N) is 1. The first-order chi connectivity index (χ1) is 13.7. The second kappa shape index (κ2) is 8.23. The van der Waals surface area contributed by atoms with Gasteiger partial charge in [-0.05, 0) is 59.7 Å². The van der Waals surface area contributed by atoms with Crippen LogP contribution in [0.15, 0.2) is 66.7 Å². The predicted molar refractivity (Wildman–Crippen MR) is 106 cm³/mol. The quantitative estimate of drug-likeness (QED) is 0.663. The van der Waals surface area contributed by atoms with E-state index in [1.165, 1.54) is 0 Å². The fourth-order valence-electron chi connectivity index (χ4n) is 2.79. The van der Waals surface area contributed by atoms with Crippen molar-refractivity contribution in [1.82, 2.24) is 5.32 Å². The van der Waals surface area contributed by atoms with Crippen molar-refractivity contribution in [2.75, 3.05) is 6.79 Å².